The molecule has 6 nitrogen and oxygen atoms in total. The van der Waals surface area contributed by atoms with Crippen LogP contribution in [0.1, 0.15) is 55.4 Å². The maximum Gasteiger partial charge on any atom is 0.102 e. The van der Waals surface area contributed by atoms with Gasteiger partial charge in [-0.15, -0.1) is 0 Å². The van der Waals surface area contributed by atoms with Crippen molar-refractivity contribution in [3.05, 3.63) is 0 Å². The molecule has 140 valence electrons. The fourth-order valence-electron chi connectivity index (χ4n) is 1.54. The molecule has 0 bridgehead atoms. The topological polar surface area (TPSA) is 43.4 Å². The quantitative estimate of drug-likeness (QED) is 0.455. The number of hydrogen-bond acceptors (Lipinski definition) is 6. The summed E-state index contributed by atoms with van der Waals surface area (Å²) in [5.74, 6) is 0. The summed E-state index contributed by atoms with van der Waals surface area (Å²) in [5, 5.41) is 0. The lowest BCUT2D eigenvalue weighted by atomic mass is 10.5. The smallest absolute Gasteiger partial charge is 0.102 e. The van der Waals surface area contributed by atoms with Gasteiger partial charge in [-0.2, -0.15) is 0 Å². The van der Waals surface area contributed by atoms with Gasteiger partial charge in [-0.3, -0.25) is 0 Å². The molecule has 0 aliphatic carbocycles. The van der Waals surface area contributed by atoms with Gasteiger partial charge < -0.3 is 18.9 Å². The number of nitrogens with zero attached hydrogens (tertiary/aromatic N) is 2. The highest BCUT2D eigenvalue weighted by Crippen LogP contribution is 2.03. The first kappa shape index (κ1) is 22.8. The van der Waals surface area contributed by atoms with E-state index in [2.05, 4.69) is 9.80 Å². The molecule has 0 heterocycles. The van der Waals surface area contributed by atoms with E-state index in [0.29, 0.717) is 33.6 Å². The van der Waals surface area contributed by atoms with Crippen LogP contribution in [0.3, 0.4) is 0 Å². The largest absolute Gasteiger partial charge is 0.363 e. The molecule has 0 aromatic heterocycles. The molecule has 0 unspecified atom stereocenters. The Kier molecular flexibility index (Phi) is 13.0. The van der Waals surface area contributed by atoms with Gasteiger partial charge >= 0.3 is 0 Å². The minimum absolute atomic E-state index is 0.184. The van der Waals surface area contributed by atoms with E-state index in [0.717, 1.165) is 0 Å². The number of rotatable bonds is 14. The molecule has 0 radical (unpaired) electrons. The minimum Gasteiger partial charge on any atom is -0.363 e. The van der Waals surface area contributed by atoms with E-state index >= 15 is 0 Å². The molecule has 0 aromatic rings. The Morgan fingerprint density at radius 3 is 0.870 bits per heavy atom. The van der Waals surface area contributed by atoms with Crippen LogP contribution in [0.25, 0.3) is 0 Å². The zero-order chi connectivity index (χ0) is 17.8. The second-order valence-corrected chi connectivity index (χ2v) is 6.86. The highest BCUT2D eigenvalue weighted by Gasteiger charge is 2.15. The van der Waals surface area contributed by atoms with Crippen molar-refractivity contribution in [2.45, 2.75) is 79.8 Å². The van der Waals surface area contributed by atoms with Crippen LogP contribution in [0.15, 0.2) is 0 Å². The summed E-state index contributed by atoms with van der Waals surface area (Å²) in [6.07, 6.45) is 0.736. The van der Waals surface area contributed by atoms with Crippen LogP contribution < -0.4 is 0 Å². The molecular weight excluding hydrogens is 296 g/mol. The van der Waals surface area contributed by atoms with Crippen molar-refractivity contribution in [1.29, 1.82) is 0 Å². The van der Waals surface area contributed by atoms with Crippen molar-refractivity contribution in [3.63, 3.8) is 0 Å². The lowest BCUT2D eigenvalue weighted by Gasteiger charge is -2.31. The third-order valence-corrected chi connectivity index (χ3v) is 2.76. The van der Waals surface area contributed by atoms with E-state index in [-0.39, 0.29) is 24.4 Å². The van der Waals surface area contributed by atoms with Crippen LogP contribution in [-0.4, -0.2) is 67.8 Å². The molecule has 0 aliphatic rings. The first-order valence-electron chi connectivity index (χ1n) is 8.61. The Bertz CT molecular complexity index is 223. The van der Waals surface area contributed by atoms with E-state index in [4.69, 9.17) is 18.9 Å². The van der Waals surface area contributed by atoms with Crippen LogP contribution in [0, 0.1) is 0 Å². The normalized spacial score (nSPS) is 12.8. The van der Waals surface area contributed by atoms with Gasteiger partial charge in [0.05, 0.1) is 31.1 Å². The first-order chi connectivity index (χ1) is 10.7. The first-order valence-corrected chi connectivity index (χ1v) is 8.61. The summed E-state index contributed by atoms with van der Waals surface area (Å²) in [7, 11) is 0. The molecule has 0 amide bonds. The van der Waals surface area contributed by atoms with Crippen LogP contribution in [0.2, 0.25) is 0 Å². The van der Waals surface area contributed by atoms with E-state index < -0.39 is 0 Å². The fraction of sp³-hybridized carbons (Fsp3) is 1.00. The molecule has 0 rings (SSSR count). The Morgan fingerprint density at radius 2 is 0.696 bits per heavy atom. The van der Waals surface area contributed by atoms with Gasteiger partial charge in [-0.25, -0.2) is 9.80 Å². The van der Waals surface area contributed by atoms with Crippen molar-refractivity contribution in [3.8, 4) is 0 Å². The second-order valence-electron chi connectivity index (χ2n) is 6.86. The predicted molar refractivity (Wildman–Crippen MR) is 92.9 cm³/mol. The Balaban J connectivity index is 4.56. The molecule has 0 aromatic carbocycles. The zero-order valence-corrected chi connectivity index (χ0v) is 16.4. The lowest BCUT2D eigenvalue weighted by molar-refractivity contribution is -0.136. The van der Waals surface area contributed by atoms with Crippen LogP contribution in [0.4, 0.5) is 0 Å². The average molecular weight is 335 g/mol. The minimum atomic E-state index is 0.184. The van der Waals surface area contributed by atoms with Gasteiger partial charge in [-0.05, 0) is 55.4 Å². The van der Waals surface area contributed by atoms with Crippen molar-refractivity contribution in [2.24, 2.45) is 0 Å². The molecule has 0 saturated heterocycles. The van der Waals surface area contributed by atoms with Gasteiger partial charge in [0.1, 0.15) is 26.9 Å². The van der Waals surface area contributed by atoms with Crippen molar-refractivity contribution in [2.75, 3.05) is 33.6 Å². The third kappa shape index (κ3) is 15.1. The van der Waals surface area contributed by atoms with Gasteiger partial charge in [0, 0.05) is 0 Å². The summed E-state index contributed by atoms with van der Waals surface area (Å²) < 4.78 is 22.9. The Labute approximate surface area is 143 Å². The zero-order valence-electron chi connectivity index (χ0n) is 16.4. The van der Waals surface area contributed by atoms with E-state index in [1.165, 1.54) is 0 Å². The molecule has 6 heteroatoms. The maximum absolute atomic E-state index is 5.73. The summed E-state index contributed by atoms with van der Waals surface area (Å²) in [5.41, 5.74) is 0. The van der Waals surface area contributed by atoms with Gasteiger partial charge in [-0.1, -0.05) is 0 Å². The number of hydrogen-bond donors (Lipinski definition) is 0. The summed E-state index contributed by atoms with van der Waals surface area (Å²) in [4.78, 5) is 4.21. The van der Waals surface area contributed by atoms with E-state index in [1.54, 1.807) is 0 Å². The summed E-state index contributed by atoms with van der Waals surface area (Å²) >= 11 is 0. The standard InChI is InChI=1S/C17H38N2O4/c1-14(2)20-10-18(11-21-15(3)4)9-19(12-22-16(5)6)13-23-17(7)8/h14-17H,9-13H2,1-8H3. The monoisotopic (exact) mass is 334 g/mol. The molecule has 0 fully saturated rings. The SMILES string of the molecule is CC(C)OCN(COC(C)C)CN(COC(C)C)COC(C)C. The molecule has 0 atom stereocenters. The molecule has 0 saturated carbocycles. The molecule has 0 aliphatic heterocycles. The molecule has 0 spiro atoms. The third-order valence-electron chi connectivity index (χ3n) is 2.76. The van der Waals surface area contributed by atoms with Crippen molar-refractivity contribution >= 4 is 0 Å². The lowest BCUT2D eigenvalue weighted by Crippen LogP contribution is -2.43. The molecule has 0 N–H and O–H groups in total. The summed E-state index contributed by atoms with van der Waals surface area (Å²) in [6, 6.07) is 0. The number of ether oxygens (including phenoxy) is 4. The second kappa shape index (κ2) is 13.1. The van der Waals surface area contributed by atoms with Crippen molar-refractivity contribution < 1.29 is 18.9 Å². The average Bonchev–Trinajstić information content (AvgIpc) is 2.43. The fourth-order valence-corrected chi connectivity index (χ4v) is 1.54. The Morgan fingerprint density at radius 1 is 0.478 bits per heavy atom. The highest BCUT2D eigenvalue weighted by molar-refractivity contribution is 4.53. The van der Waals surface area contributed by atoms with E-state index in [9.17, 15) is 0 Å². The highest BCUT2D eigenvalue weighted by atomic mass is 16.5. The summed E-state index contributed by atoms with van der Waals surface area (Å²) in [6.45, 7) is 19.0. The van der Waals surface area contributed by atoms with Crippen LogP contribution >= 0.6 is 0 Å². The maximum atomic E-state index is 5.73. The van der Waals surface area contributed by atoms with Crippen LogP contribution in [0.5, 0.6) is 0 Å². The van der Waals surface area contributed by atoms with Crippen LogP contribution in [-0.2, 0) is 18.9 Å². The van der Waals surface area contributed by atoms with Crippen molar-refractivity contribution in [1.82, 2.24) is 9.80 Å². The van der Waals surface area contributed by atoms with Gasteiger partial charge in [0.15, 0.2) is 0 Å². The van der Waals surface area contributed by atoms with E-state index in [1.807, 2.05) is 55.4 Å². The van der Waals surface area contributed by atoms with Gasteiger partial charge in [0.25, 0.3) is 0 Å². The molecule has 23 heavy (non-hydrogen) atoms. The Hall–Kier alpha value is -0.240. The molecular formula is C17H38N2O4. The predicted octanol–water partition coefficient (Wildman–Crippen LogP) is 3.08. The van der Waals surface area contributed by atoms with Gasteiger partial charge in [0.2, 0.25) is 0 Å².